The Labute approximate surface area is 126 Å². The zero-order valence-electron chi connectivity index (χ0n) is 13.4. The molecular weight excluding hydrogens is 266 g/mol. The number of hydrogen-bond donors (Lipinski definition) is 1. The Morgan fingerprint density at radius 1 is 1.48 bits per heavy atom. The monoisotopic (exact) mass is 291 g/mol. The van der Waals surface area contributed by atoms with Crippen molar-refractivity contribution in [3.8, 4) is 0 Å². The summed E-state index contributed by atoms with van der Waals surface area (Å²) in [5.74, 6) is 0.773. The third kappa shape index (κ3) is 3.86. The number of amides is 2. The first-order valence-corrected chi connectivity index (χ1v) is 7.61. The normalized spacial score (nSPS) is 16.3. The molecule has 0 saturated carbocycles. The van der Waals surface area contributed by atoms with E-state index in [2.05, 4.69) is 23.5 Å². The molecule has 21 heavy (non-hydrogen) atoms. The average molecular weight is 291 g/mol. The molecule has 1 atom stereocenters. The summed E-state index contributed by atoms with van der Waals surface area (Å²) in [5.41, 5.74) is 3.17. The molecule has 0 aromatic carbocycles. The van der Waals surface area contributed by atoms with Crippen LogP contribution in [0.2, 0.25) is 0 Å². The number of hydrogen-bond acceptors (Lipinski definition) is 3. The third-order valence-electron chi connectivity index (χ3n) is 4.15. The van der Waals surface area contributed by atoms with Crippen molar-refractivity contribution in [1.29, 1.82) is 0 Å². The molecule has 0 aliphatic heterocycles. The van der Waals surface area contributed by atoms with Gasteiger partial charge in [-0.2, -0.15) is 0 Å². The summed E-state index contributed by atoms with van der Waals surface area (Å²) in [7, 11) is 1.79. The Morgan fingerprint density at radius 2 is 2.24 bits per heavy atom. The van der Waals surface area contributed by atoms with Gasteiger partial charge >= 0.3 is 6.03 Å². The molecule has 1 aromatic heterocycles. The van der Waals surface area contributed by atoms with Gasteiger partial charge in [0.1, 0.15) is 5.76 Å². The van der Waals surface area contributed by atoms with Gasteiger partial charge in [-0.25, -0.2) is 4.79 Å². The fraction of sp³-hybridized carbons (Fsp3) is 0.625. The SMILES string of the molecule is Cc1noc(C)c1CN(C)C(=O)NC(C)C1=CCCCC1. The van der Waals surface area contributed by atoms with Crippen LogP contribution in [0.3, 0.4) is 0 Å². The summed E-state index contributed by atoms with van der Waals surface area (Å²) in [4.78, 5) is 14.0. The minimum Gasteiger partial charge on any atom is -0.361 e. The van der Waals surface area contributed by atoms with Crippen molar-refractivity contribution in [1.82, 2.24) is 15.4 Å². The van der Waals surface area contributed by atoms with Crippen LogP contribution in [-0.4, -0.2) is 29.2 Å². The number of urea groups is 1. The highest BCUT2D eigenvalue weighted by Gasteiger charge is 2.18. The molecule has 5 nitrogen and oxygen atoms in total. The second kappa shape index (κ2) is 6.78. The predicted molar refractivity (Wildman–Crippen MR) is 82.0 cm³/mol. The Balaban J connectivity index is 1.92. The van der Waals surface area contributed by atoms with Crippen molar-refractivity contribution in [2.24, 2.45) is 0 Å². The van der Waals surface area contributed by atoms with E-state index in [-0.39, 0.29) is 12.1 Å². The van der Waals surface area contributed by atoms with Gasteiger partial charge in [-0.05, 0) is 46.5 Å². The van der Waals surface area contributed by atoms with Crippen LogP contribution in [0.5, 0.6) is 0 Å². The lowest BCUT2D eigenvalue weighted by Gasteiger charge is -2.24. The molecule has 0 saturated heterocycles. The molecule has 5 heteroatoms. The van der Waals surface area contributed by atoms with E-state index >= 15 is 0 Å². The van der Waals surface area contributed by atoms with E-state index in [1.807, 2.05) is 13.8 Å². The minimum absolute atomic E-state index is 0.0611. The summed E-state index contributed by atoms with van der Waals surface area (Å²) in [5, 5.41) is 6.99. The minimum atomic E-state index is -0.0611. The Hall–Kier alpha value is -1.78. The van der Waals surface area contributed by atoms with E-state index < -0.39 is 0 Å². The number of carbonyl (C=O) groups excluding carboxylic acids is 1. The summed E-state index contributed by atoms with van der Waals surface area (Å²) in [6.45, 7) is 6.33. The van der Waals surface area contributed by atoms with Crippen LogP contribution < -0.4 is 5.32 Å². The lowest BCUT2D eigenvalue weighted by Crippen LogP contribution is -2.42. The van der Waals surface area contributed by atoms with Crippen molar-refractivity contribution in [2.75, 3.05) is 7.05 Å². The zero-order valence-corrected chi connectivity index (χ0v) is 13.4. The van der Waals surface area contributed by atoms with Crippen molar-refractivity contribution in [2.45, 2.75) is 59.0 Å². The first kappa shape index (κ1) is 15.6. The van der Waals surface area contributed by atoms with Gasteiger partial charge in [-0.3, -0.25) is 0 Å². The molecule has 1 unspecified atom stereocenters. The zero-order chi connectivity index (χ0) is 15.4. The smallest absolute Gasteiger partial charge is 0.317 e. The maximum absolute atomic E-state index is 12.3. The van der Waals surface area contributed by atoms with Gasteiger partial charge in [-0.15, -0.1) is 0 Å². The molecule has 1 aromatic rings. The summed E-state index contributed by atoms with van der Waals surface area (Å²) in [6, 6.07) is 0.0406. The highest BCUT2D eigenvalue weighted by atomic mass is 16.5. The first-order chi connectivity index (χ1) is 9.99. The van der Waals surface area contributed by atoms with E-state index in [4.69, 9.17) is 4.52 Å². The predicted octanol–water partition coefficient (Wildman–Crippen LogP) is 3.32. The standard InChI is InChI=1S/C16H25N3O2/c1-11(14-8-6-5-7-9-14)17-16(20)19(4)10-15-12(2)18-21-13(15)3/h8,11H,5-7,9-10H2,1-4H3,(H,17,20). The lowest BCUT2D eigenvalue weighted by atomic mass is 9.95. The first-order valence-electron chi connectivity index (χ1n) is 7.61. The lowest BCUT2D eigenvalue weighted by molar-refractivity contribution is 0.204. The van der Waals surface area contributed by atoms with E-state index in [0.717, 1.165) is 29.9 Å². The second-order valence-electron chi connectivity index (χ2n) is 5.85. The Kier molecular flexibility index (Phi) is 5.04. The van der Waals surface area contributed by atoms with Crippen LogP contribution >= 0.6 is 0 Å². The van der Waals surface area contributed by atoms with Gasteiger partial charge in [0, 0.05) is 18.7 Å². The molecule has 116 valence electrons. The molecule has 2 rings (SSSR count). The maximum Gasteiger partial charge on any atom is 0.317 e. The largest absolute Gasteiger partial charge is 0.361 e. The fourth-order valence-electron chi connectivity index (χ4n) is 2.68. The molecule has 1 N–H and O–H groups in total. The van der Waals surface area contributed by atoms with Crippen LogP contribution in [0.15, 0.2) is 16.2 Å². The number of nitrogens with one attached hydrogen (secondary N) is 1. The molecular formula is C16H25N3O2. The number of carbonyl (C=O) groups is 1. The number of allylic oxidation sites excluding steroid dienone is 1. The summed E-state index contributed by atoms with van der Waals surface area (Å²) < 4.78 is 5.13. The maximum atomic E-state index is 12.3. The molecule has 2 amide bonds. The summed E-state index contributed by atoms with van der Waals surface area (Å²) >= 11 is 0. The van der Waals surface area contributed by atoms with Crippen LogP contribution in [0.1, 0.15) is 49.6 Å². The van der Waals surface area contributed by atoms with Crippen molar-refractivity contribution >= 4 is 6.03 Å². The Bertz CT molecular complexity index is 514. The molecule has 1 aliphatic carbocycles. The van der Waals surface area contributed by atoms with Crippen LogP contribution in [0, 0.1) is 13.8 Å². The number of aromatic nitrogens is 1. The number of aryl methyl sites for hydroxylation is 2. The van der Waals surface area contributed by atoms with Gasteiger partial charge in [0.2, 0.25) is 0 Å². The van der Waals surface area contributed by atoms with Crippen molar-refractivity contribution < 1.29 is 9.32 Å². The van der Waals surface area contributed by atoms with E-state index in [9.17, 15) is 4.79 Å². The van der Waals surface area contributed by atoms with Crippen LogP contribution in [0.4, 0.5) is 4.79 Å². The van der Waals surface area contributed by atoms with Crippen molar-refractivity contribution in [3.63, 3.8) is 0 Å². The highest BCUT2D eigenvalue weighted by Crippen LogP contribution is 2.20. The van der Waals surface area contributed by atoms with E-state index in [1.54, 1.807) is 11.9 Å². The van der Waals surface area contributed by atoms with E-state index in [1.165, 1.54) is 18.4 Å². The molecule has 0 spiro atoms. The number of nitrogens with zero attached hydrogens (tertiary/aromatic N) is 2. The second-order valence-corrected chi connectivity index (χ2v) is 5.85. The molecule has 0 fully saturated rings. The van der Waals surface area contributed by atoms with Gasteiger partial charge in [0.25, 0.3) is 0 Å². The van der Waals surface area contributed by atoms with Crippen LogP contribution in [-0.2, 0) is 6.54 Å². The highest BCUT2D eigenvalue weighted by molar-refractivity contribution is 5.74. The number of rotatable bonds is 4. The molecule has 0 radical (unpaired) electrons. The van der Waals surface area contributed by atoms with Gasteiger partial charge in [0.05, 0.1) is 12.2 Å². The Morgan fingerprint density at radius 3 is 2.81 bits per heavy atom. The van der Waals surface area contributed by atoms with Crippen LogP contribution in [0.25, 0.3) is 0 Å². The summed E-state index contributed by atoms with van der Waals surface area (Å²) in [6.07, 6.45) is 6.97. The third-order valence-corrected chi connectivity index (χ3v) is 4.15. The molecule has 1 aliphatic rings. The fourth-order valence-corrected chi connectivity index (χ4v) is 2.68. The quantitative estimate of drug-likeness (QED) is 0.866. The molecule has 1 heterocycles. The van der Waals surface area contributed by atoms with Crippen molar-refractivity contribution in [3.05, 3.63) is 28.7 Å². The molecule has 0 bridgehead atoms. The van der Waals surface area contributed by atoms with Gasteiger partial charge in [-0.1, -0.05) is 16.8 Å². The van der Waals surface area contributed by atoms with E-state index in [0.29, 0.717) is 6.54 Å². The van der Waals surface area contributed by atoms with Gasteiger partial charge in [0.15, 0.2) is 0 Å². The topological polar surface area (TPSA) is 58.4 Å². The average Bonchev–Trinajstić information content (AvgIpc) is 2.79. The van der Waals surface area contributed by atoms with Gasteiger partial charge < -0.3 is 14.7 Å².